The van der Waals surface area contributed by atoms with E-state index in [1.54, 1.807) is 25.1 Å². The van der Waals surface area contributed by atoms with Crippen molar-refractivity contribution < 1.29 is 18.3 Å². The minimum absolute atomic E-state index is 0.0510. The van der Waals surface area contributed by atoms with E-state index >= 15 is 0 Å². The van der Waals surface area contributed by atoms with E-state index in [0.29, 0.717) is 11.3 Å². The van der Waals surface area contributed by atoms with E-state index in [1.165, 1.54) is 36.4 Å². The molecule has 3 rings (SSSR count). The Morgan fingerprint density at radius 2 is 1.58 bits per heavy atom. The van der Waals surface area contributed by atoms with Crippen molar-refractivity contribution in [2.24, 2.45) is 5.10 Å². The van der Waals surface area contributed by atoms with Crippen LogP contribution in [0, 0.1) is 20.2 Å². The molecular formula is C20H16ClN5O6S. The van der Waals surface area contributed by atoms with E-state index in [4.69, 9.17) is 11.6 Å². The molecule has 0 unspecified atom stereocenters. The fourth-order valence-corrected chi connectivity index (χ4v) is 4.23. The summed E-state index contributed by atoms with van der Waals surface area (Å²) in [7, 11) is -4.31. The van der Waals surface area contributed by atoms with Gasteiger partial charge in [0.05, 0.1) is 32.0 Å². The van der Waals surface area contributed by atoms with Gasteiger partial charge in [0.25, 0.3) is 21.4 Å². The fourth-order valence-electron chi connectivity index (χ4n) is 2.74. The maximum Gasteiger partial charge on any atom is 0.270 e. The third kappa shape index (κ3) is 5.61. The third-order valence-corrected chi connectivity index (χ3v) is 6.14. The molecule has 13 heteroatoms. The number of halogens is 1. The van der Waals surface area contributed by atoms with Gasteiger partial charge in [-0.15, -0.1) is 0 Å². The second-order valence-corrected chi connectivity index (χ2v) is 8.70. The van der Waals surface area contributed by atoms with Crippen molar-refractivity contribution in [2.75, 3.05) is 10.1 Å². The summed E-state index contributed by atoms with van der Waals surface area (Å²) in [6.45, 7) is 1.56. The van der Waals surface area contributed by atoms with E-state index in [0.717, 1.165) is 12.1 Å². The van der Waals surface area contributed by atoms with Crippen LogP contribution in [0.1, 0.15) is 12.5 Å². The molecule has 0 aliphatic heterocycles. The number of benzene rings is 3. The van der Waals surface area contributed by atoms with E-state index in [2.05, 4.69) is 15.2 Å². The van der Waals surface area contributed by atoms with Gasteiger partial charge in [-0.3, -0.25) is 30.4 Å². The summed E-state index contributed by atoms with van der Waals surface area (Å²) in [6.07, 6.45) is 0. The van der Waals surface area contributed by atoms with E-state index in [1.807, 2.05) is 0 Å². The van der Waals surface area contributed by atoms with Crippen LogP contribution in [0.5, 0.6) is 0 Å². The van der Waals surface area contributed by atoms with Gasteiger partial charge in [0, 0.05) is 29.8 Å². The summed E-state index contributed by atoms with van der Waals surface area (Å²) in [5.74, 6) is 0. The normalized spacial score (nSPS) is 11.6. The number of sulfonamides is 1. The maximum atomic E-state index is 13.0. The first kappa shape index (κ1) is 23.6. The molecule has 0 saturated heterocycles. The molecular weight excluding hydrogens is 474 g/mol. The summed E-state index contributed by atoms with van der Waals surface area (Å²) in [5.41, 5.74) is 2.78. The van der Waals surface area contributed by atoms with Gasteiger partial charge in [0.15, 0.2) is 0 Å². The predicted octanol–water partition coefficient (Wildman–Crippen LogP) is 4.79. The Labute approximate surface area is 193 Å². The topological polar surface area (TPSA) is 157 Å². The van der Waals surface area contributed by atoms with Crippen LogP contribution in [0.4, 0.5) is 22.7 Å². The molecule has 0 saturated carbocycles. The van der Waals surface area contributed by atoms with Crippen molar-refractivity contribution in [1.29, 1.82) is 0 Å². The van der Waals surface area contributed by atoms with Crippen molar-refractivity contribution in [3.05, 3.63) is 97.5 Å². The van der Waals surface area contributed by atoms with Crippen LogP contribution in [0.25, 0.3) is 0 Å². The van der Waals surface area contributed by atoms with Gasteiger partial charge in [-0.25, -0.2) is 8.42 Å². The van der Waals surface area contributed by atoms with Gasteiger partial charge in [-0.2, -0.15) is 5.10 Å². The first-order valence-electron chi connectivity index (χ1n) is 9.19. The molecule has 0 aliphatic carbocycles. The van der Waals surface area contributed by atoms with Crippen molar-refractivity contribution in [3.8, 4) is 0 Å². The Bertz CT molecular complexity index is 1380. The number of rotatable bonds is 8. The molecule has 0 atom stereocenters. The Balaban J connectivity index is 2.00. The zero-order valence-corrected chi connectivity index (χ0v) is 18.5. The number of hydrazone groups is 1. The number of hydrogen-bond donors (Lipinski definition) is 2. The molecule has 0 amide bonds. The molecule has 0 aromatic heterocycles. The molecule has 0 fully saturated rings. The standard InChI is InChI=1S/C20H16ClN5O6S/c1-13(14-5-4-6-15(11-14)25(27)28)22-23-19-10-9-16(26(29)30)12-20(19)33(31,32)24-18-8-3-2-7-17(18)21/h2-12,23-24H,1H3. The summed E-state index contributed by atoms with van der Waals surface area (Å²) in [4.78, 5) is 20.5. The van der Waals surface area contributed by atoms with Crippen LogP contribution in [0.3, 0.4) is 0 Å². The maximum absolute atomic E-state index is 13.0. The first-order chi connectivity index (χ1) is 15.6. The van der Waals surface area contributed by atoms with Crippen LogP contribution < -0.4 is 10.1 Å². The van der Waals surface area contributed by atoms with E-state index in [9.17, 15) is 28.6 Å². The molecule has 0 radical (unpaired) electrons. The number of hydrogen-bond acceptors (Lipinski definition) is 8. The fraction of sp³-hybridized carbons (Fsp3) is 0.0500. The van der Waals surface area contributed by atoms with E-state index in [-0.39, 0.29) is 22.1 Å². The summed E-state index contributed by atoms with van der Waals surface area (Å²) >= 11 is 6.02. The summed E-state index contributed by atoms with van der Waals surface area (Å²) in [5, 5.41) is 26.4. The monoisotopic (exact) mass is 489 g/mol. The lowest BCUT2D eigenvalue weighted by atomic mass is 10.1. The van der Waals surface area contributed by atoms with Crippen molar-refractivity contribution in [3.63, 3.8) is 0 Å². The van der Waals surface area contributed by atoms with Crippen LogP contribution in [0.15, 0.2) is 76.7 Å². The Morgan fingerprint density at radius 3 is 2.24 bits per heavy atom. The predicted molar refractivity (Wildman–Crippen MR) is 124 cm³/mol. The van der Waals surface area contributed by atoms with Gasteiger partial charge in [-0.05, 0) is 25.1 Å². The van der Waals surface area contributed by atoms with Crippen LogP contribution in [-0.4, -0.2) is 24.0 Å². The number of nitrogens with zero attached hydrogens (tertiary/aromatic N) is 3. The molecule has 3 aromatic rings. The number of non-ortho nitro benzene ring substituents is 2. The number of nitro benzene ring substituents is 2. The van der Waals surface area contributed by atoms with Crippen molar-refractivity contribution in [1.82, 2.24) is 0 Å². The molecule has 11 nitrogen and oxygen atoms in total. The zero-order valence-electron chi connectivity index (χ0n) is 16.9. The molecule has 33 heavy (non-hydrogen) atoms. The van der Waals surface area contributed by atoms with Crippen molar-refractivity contribution in [2.45, 2.75) is 11.8 Å². The van der Waals surface area contributed by atoms with Crippen LogP contribution in [-0.2, 0) is 10.0 Å². The minimum atomic E-state index is -4.31. The highest BCUT2D eigenvalue weighted by atomic mass is 35.5. The minimum Gasteiger partial charge on any atom is -0.278 e. The summed E-state index contributed by atoms with van der Waals surface area (Å²) in [6, 6.07) is 15.0. The van der Waals surface area contributed by atoms with Crippen LogP contribution in [0.2, 0.25) is 5.02 Å². The molecule has 170 valence electrons. The van der Waals surface area contributed by atoms with E-state index < -0.39 is 30.5 Å². The third-order valence-electron chi connectivity index (χ3n) is 4.40. The Morgan fingerprint density at radius 1 is 0.909 bits per heavy atom. The number of anilines is 2. The highest BCUT2D eigenvalue weighted by Crippen LogP contribution is 2.30. The van der Waals surface area contributed by atoms with Gasteiger partial charge in [0.2, 0.25) is 0 Å². The highest BCUT2D eigenvalue weighted by Gasteiger charge is 2.23. The lowest BCUT2D eigenvalue weighted by Crippen LogP contribution is -2.15. The lowest BCUT2D eigenvalue weighted by molar-refractivity contribution is -0.385. The molecule has 3 aromatic carbocycles. The molecule has 2 N–H and O–H groups in total. The number of nitrogens with one attached hydrogen (secondary N) is 2. The summed E-state index contributed by atoms with van der Waals surface area (Å²) < 4.78 is 28.4. The average molecular weight is 490 g/mol. The molecule has 0 heterocycles. The smallest absolute Gasteiger partial charge is 0.270 e. The average Bonchev–Trinajstić information content (AvgIpc) is 2.78. The second kappa shape index (κ2) is 9.63. The van der Waals surface area contributed by atoms with Gasteiger partial charge in [0.1, 0.15) is 4.90 Å². The Hall–Kier alpha value is -4.03. The van der Waals surface area contributed by atoms with Gasteiger partial charge < -0.3 is 0 Å². The van der Waals surface area contributed by atoms with Gasteiger partial charge in [-0.1, -0.05) is 35.9 Å². The lowest BCUT2D eigenvalue weighted by Gasteiger charge is -2.13. The zero-order chi connectivity index (χ0) is 24.2. The highest BCUT2D eigenvalue weighted by molar-refractivity contribution is 7.93. The second-order valence-electron chi connectivity index (χ2n) is 6.64. The number of nitro groups is 2. The largest absolute Gasteiger partial charge is 0.278 e. The molecule has 0 bridgehead atoms. The number of para-hydroxylation sites is 1. The van der Waals surface area contributed by atoms with Gasteiger partial charge >= 0.3 is 0 Å². The first-order valence-corrected chi connectivity index (χ1v) is 11.1. The Kier molecular flexibility index (Phi) is 6.89. The molecule has 0 spiro atoms. The molecule has 0 aliphatic rings. The van der Waals surface area contributed by atoms with Crippen LogP contribution >= 0.6 is 11.6 Å². The SMILES string of the molecule is CC(=NNc1ccc([N+](=O)[O-])cc1S(=O)(=O)Nc1ccccc1Cl)c1cccc([N+](=O)[O-])c1. The quantitative estimate of drug-likeness (QED) is 0.261. The van der Waals surface area contributed by atoms with Crippen molar-refractivity contribution >= 4 is 50.1 Å².